The van der Waals surface area contributed by atoms with Crippen LogP contribution in [0.15, 0.2) is 34.6 Å². The molecule has 2 rings (SSSR count). The molecule has 0 radical (unpaired) electrons. The average Bonchev–Trinajstić information content (AvgIpc) is 2.84. The van der Waals surface area contributed by atoms with Gasteiger partial charge in [0.1, 0.15) is 12.4 Å². The summed E-state index contributed by atoms with van der Waals surface area (Å²) in [5.41, 5.74) is 1.89. The van der Waals surface area contributed by atoms with E-state index in [1.807, 2.05) is 42.7 Å². The van der Waals surface area contributed by atoms with Gasteiger partial charge in [-0.3, -0.25) is 4.79 Å². The van der Waals surface area contributed by atoms with Gasteiger partial charge in [-0.15, -0.1) is 0 Å². The van der Waals surface area contributed by atoms with Gasteiger partial charge in [-0.1, -0.05) is 71.3 Å². The molecule has 35 heavy (non-hydrogen) atoms. The molecular weight excluding hydrogens is 438 g/mol. The van der Waals surface area contributed by atoms with Crippen molar-refractivity contribution >= 4 is 10.9 Å². The minimum absolute atomic E-state index is 0.120. The summed E-state index contributed by atoms with van der Waals surface area (Å²) in [4.78, 5) is 13.7. The molecule has 0 amide bonds. The van der Waals surface area contributed by atoms with Crippen molar-refractivity contribution < 1.29 is 14.2 Å². The monoisotopic (exact) mass is 485 g/mol. The number of rotatable bonds is 18. The average molecular weight is 486 g/mol. The second kappa shape index (κ2) is 16.3. The number of nitrogens with zero attached hydrogens (tertiary/aromatic N) is 1. The van der Waals surface area contributed by atoms with Crippen LogP contribution < -0.4 is 19.8 Å². The first-order valence-corrected chi connectivity index (χ1v) is 13.8. The number of hydrogen-bond donors (Lipinski definition) is 0. The summed E-state index contributed by atoms with van der Waals surface area (Å²) in [5, 5.41) is 0.908. The molecular formula is C30H47NO4. The molecule has 0 unspecified atom stereocenters. The summed E-state index contributed by atoms with van der Waals surface area (Å²) in [6.07, 6.45) is 12.9. The van der Waals surface area contributed by atoms with Crippen LogP contribution in [0, 0.1) is 0 Å². The lowest BCUT2D eigenvalue weighted by Crippen LogP contribution is -2.24. The van der Waals surface area contributed by atoms with Gasteiger partial charge in [-0.05, 0) is 51.3 Å². The number of aromatic nitrogens is 1. The molecule has 1 heterocycles. The fourth-order valence-electron chi connectivity index (χ4n) is 3.99. The van der Waals surface area contributed by atoms with E-state index in [1.165, 1.54) is 19.3 Å². The topological polar surface area (TPSA) is 49.7 Å². The Morgan fingerprint density at radius 3 is 2.17 bits per heavy atom. The molecule has 196 valence electrons. The summed E-state index contributed by atoms with van der Waals surface area (Å²) < 4.78 is 20.2. The van der Waals surface area contributed by atoms with E-state index in [9.17, 15) is 4.79 Å². The maximum atomic E-state index is 13.7. The maximum Gasteiger partial charge on any atom is 0.297 e. The number of benzene rings is 1. The number of hydrogen-bond acceptors (Lipinski definition) is 4. The van der Waals surface area contributed by atoms with E-state index in [0.29, 0.717) is 37.9 Å². The summed E-state index contributed by atoms with van der Waals surface area (Å²) in [6.45, 7) is 12.9. The molecule has 0 aliphatic heterocycles. The van der Waals surface area contributed by atoms with Crippen LogP contribution in [0.2, 0.25) is 0 Å². The van der Waals surface area contributed by atoms with E-state index < -0.39 is 0 Å². The van der Waals surface area contributed by atoms with Crippen molar-refractivity contribution in [3.05, 3.63) is 40.2 Å². The van der Waals surface area contributed by atoms with Gasteiger partial charge in [0.15, 0.2) is 5.75 Å². The number of fused-ring (bicyclic) bond motifs is 1. The summed E-state index contributed by atoms with van der Waals surface area (Å²) in [5.74, 6) is 1.67. The molecule has 0 atom stereocenters. The smallest absolute Gasteiger partial charge is 0.297 e. The van der Waals surface area contributed by atoms with E-state index in [1.54, 1.807) is 0 Å². The van der Waals surface area contributed by atoms with Crippen molar-refractivity contribution in [1.82, 2.24) is 4.57 Å². The molecule has 0 N–H and O–H groups in total. The lowest BCUT2D eigenvalue weighted by atomic mass is 10.1. The Morgan fingerprint density at radius 1 is 0.800 bits per heavy atom. The zero-order valence-electron chi connectivity index (χ0n) is 22.8. The van der Waals surface area contributed by atoms with Gasteiger partial charge in [0.25, 0.3) is 5.56 Å². The quantitative estimate of drug-likeness (QED) is 0.158. The number of pyridine rings is 1. The Morgan fingerprint density at radius 2 is 1.49 bits per heavy atom. The molecule has 0 saturated carbocycles. The van der Waals surface area contributed by atoms with Crippen molar-refractivity contribution in [2.24, 2.45) is 0 Å². The van der Waals surface area contributed by atoms with E-state index >= 15 is 0 Å². The number of allylic oxidation sites excluding steroid dienone is 1. The lowest BCUT2D eigenvalue weighted by molar-refractivity contribution is 0.275. The van der Waals surface area contributed by atoms with Gasteiger partial charge < -0.3 is 18.8 Å². The van der Waals surface area contributed by atoms with Crippen LogP contribution in [0.5, 0.6) is 17.2 Å². The van der Waals surface area contributed by atoms with Gasteiger partial charge in [0.2, 0.25) is 5.75 Å². The summed E-state index contributed by atoms with van der Waals surface area (Å²) >= 11 is 0. The summed E-state index contributed by atoms with van der Waals surface area (Å²) in [6, 6.07) is 6.00. The minimum Gasteiger partial charge on any atom is -0.494 e. The highest BCUT2D eigenvalue weighted by Crippen LogP contribution is 2.35. The highest BCUT2D eigenvalue weighted by molar-refractivity contribution is 5.89. The third-order valence-corrected chi connectivity index (χ3v) is 6.12. The van der Waals surface area contributed by atoms with Crippen LogP contribution in [-0.4, -0.2) is 24.4 Å². The van der Waals surface area contributed by atoms with Crippen molar-refractivity contribution in [3.63, 3.8) is 0 Å². The highest BCUT2D eigenvalue weighted by Gasteiger charge is 2.20. The number of unbranched alkanes of at least 4 members (excludes halogenated alkanes) is 7. The van der Waals surface area contributed by atoms with E-state index in [0.717, 1.165) is 67.2 Å². The van der Waals surface area contributed by atoms with Crippen molar-refractivity contribution in [3.8, 4) is 17.2 Å². The third-order valence-electron chi connectivity index (χ3n) is 6.12. The standard InChI is InChI=1S/C30H47NO4/c1-6-9-12-14-19-31-27-23-25(33-20-11-8-3)16-17-26(27)28(34-21-15-13-10-7-2)29(30(31)32)35-22-18-24(4)5/h16-18,23H,6-15,19-22H2,1-5H3. The van der Waals surface area contributed by atoms with Crippen LogP contribution in [0.1, 0.15) is 98.8 Å². The molecule has 5 heteroatoms. The molecule has 0 fully saturated rings. The van der Waals surface area contributed by atoms with Gasteiger partial charge in [0, 0.05) is 18.0 Å². The largest absolute Gasteiger partial charge is 0.494 e. The Bertz CT molecular complexity index is 972. The second-order valence-corrected chi connectivity index (χ2v) is 9.56. The highest BCUT2D eigenvalue weighted by atomic mass is 16.5. The Hall–Kier alpha value is -2.43. The lowest BCUT2D eigenvalue weighted by Gasteiger charge is -2.19. The molecule has 0 spiro atoms. The van der Waals surface area contributed by atoms with Gasteiger partial charge in [-0.2, -0.15) is 0 Å². The molecule has 0 aliphatic carbocycles. The number of ether oxygens (including phenoxy) is 3. The molecule has 2 aromatic rings. The zero-order chi connectivity index (χ0) is 25.5. The van der Waals surface area contributed by atoms with Crippen molar-refractivity contribution in [1.29, 1.82) is 0 Å². The van der Waals surface area contributed by atoms with E-state index in [4.69, 9.17) is 14.2 Å². The van der Waals surface area contributed by atoms with Crippen LogP contribution >= 0.6 is 0 Å². The van der Waals surface area contributed by atoms with Crippen LogP contribution in [0.25, 0.3) is 10.9 Å². The third kappa shape index (κ3) is 9.27. The predicted molar refractivity (Wildman–Crippen MR) is 147 cm³/mol. The Labute approximate surface area is 212 Å². The van der Waals surface area contributed by atoms with Gasteiger partial charge >= 0.3 is 0 Å². The van der Waals surface area contributed by atoms with E-state index in [2.05, 4.69) is 20.8 Å². The van der Waals surface area contributed by atoms with Gasteiger partial charge in [-0.25, -0.2) is 0 Å². The maximum absolute atomic E-state index is 13.7. The predicted octanol–water partition coefficient (Wildman–Crippen LogP) is 8.06. The normalized spacial score (nSPS) is 11.0. The molecule has 0 aliphatic rings. The van der Waals surface area contributed by atoms with Crippen LogP contribution in [0.4, 0.5) is 0 Å². The molecule has 1 aromatic carbocycles. The number of aryl methyl sites for hydroxylation is 1. The molecule has 0 bridgehead atoms. The fraction of sp³-hybridized carbons (Fsp3) is 0.633. The molecule has 5 nitrogen and oxygen atoms in total. The second-order valence-electron chi connectivity index (χ2n) is 9.56. The first-order valence-electron chi connectivity index (χ1n) is 13.8. The van der Waals surface area contributed by atoms with E-state index in [-0.39, 0.29) is 5.56 Å². The fourth-order valence-corrected chi connectivity index (χ4v) is 3.99. The summed E-state index contributed by atoms with van der Waals surface area (Å²) in [7, 11) is 0. The van der Waals surface area contributed by atoms with Crippen LogP contribution in [0.3, 0.4) is 0 Å². The Balaban J connectivity index is 2.52. The first kappa shape index (κ1) is 28.8. The van der Waals surface area contributed by atoms with Crippen molar-refractivity contribution in [2.75, 3.05) is 19.8 Å². The zero-order valence-corrected chi connectivity index (χ0v) is 22.8. The first-order chi connectivity index (χ1) is 17.0. The molecule has 0 saturated heterocycles. The molecule has 1 aromatic heterocycles. The minimum atomic E-state index is -0.120. The SMILES string of the molecule is CCCCCCOc1c(OCC=C(C)C)c(=O)n(CCCCCC)c2cc(OCCCC)ccc12. The van der Waals surface area contributed by atoms with Gasteiger partial charge in [0.05, 0.1) is 18.7 Å². The Kier molecular flexibility index (Phi) is 13.4. The van der Waals surface area contributed by atoms with Crippen LogP contribution in [-0.2, 0) is 6.54 Å². The van der Waals surface area contributed by atoms with Crippen molar-refractivity contribution in [2.45, 2.75) is 105 Å².